The lowest BCUT2D eigenvalue weighted by Crippen LogP contribution is -2.23. The van der Waals surface area contributed by atoms with Gasteiger partial charge in [-0.2, -0.15) is 0 Å². The van der Waals surface area contributed by atoms with Gasteiger partial charge in [0.05, 0.1) is 22.9 Å². The number of alkyl halides is 3. The zero-order valence-electron chi connectivity index (χ0n) is 11.7. The largest absolute Gasteiger partial charge is 0.573 e. The van der Waals surface area contributed by atoms with Crippen LogP contribution in [0.4, 0.5) is 24.5 Å². The van der Waals surface area contributed by atoms with Crippen LogP contribution in [0.15, 0.2) is 48.5 Å². The highest BCUT2D eigenvalue weighted by Gasteiger charge is 2.32. The summed E-state index contributed by atoms with van der Waals surface area (Å²) in [5, 5.41) is 5.51. The Balaban J connectivity index is 1.98. The van der Waals surface area contributed by atoms with Gasteiger partial charge in [0.25, 0.3) is 0 Å². The molecule has 8 heteroatoms. The molecule has 0 aromatic heterocycles. The van der Waals surface area contributed by atoms with Crippen molar-refractivity contribution >= 4 is 28.9 Å². The lowest BCUT2D eigenvalue weighted by atomic mass is 10.3. The minimum atomic E-state index is -4.81. The highest BCUT2D eigenvalue weighted by molar-refractivity contribution is 6.33. The number of hydrogen-bond acceptors (Lipinski definition) is 3. The molecular formula is C15H12ClF3N2O2. The maximum absolute atomic E-state index is 12.3. The number of ether oxygens (including phenoxy) is 1. The molecule has 2 aromatic carbocycles. The molecule has 2 rings (SSSR count). The number of benzene rings is 2. The summed E-state index contributed by atoms with van der Waals surface area (Å²) in [5.74, 6) is -0.870. The molecule has 0 saturated carbocycles. The summed E-state index contributed by atoms with van der Waals surface area (Å²) in [5.41, 5.74) is 0.472. The molecule has 122 valence electrons. The van der Waals surface area contributed by atoms with E-state index in [1.54, 1.807) is 24.3 Å². The molecule has 0 bridgehead atoms. The minimum absolute atomic E-state index is 0.0548. The predicted octanol–water partition coefficient (Wildman–Crippen LogP) is 4.29. The highest BCUT2D eigenvalue weighted by Crippen LogP contribution is 2.29. The quantitative estimate of drug-likeness (QED) is 0.850. The van der Waals surface area contributed by atoms with Crippen LogP contribution in [0.1, 0.15) is 0 Å². The molecule has 0 spiro atoms. The van der Waals surface area contributed by atoms with Crippen molar-refractivity contribution in [2.45, 2.75) is 6.36 Å². The Labute approximate surface area is 135 Å². The SMILES string of the molecule is O=C(CNc1ccccc1OC(F)(F)F)Nc1ccccc1Cl. The summed E-state index contributed by atoms with van der Waals surface area (Å²) in [6.07, 6.45) is -4.81. The second kappa shape index (κ2) is 7.23. The van der Waals surface area contributed by atoms with Crippen molar-refractivity contribution < 1.29 is 22.7 Å². The van der Waals surface area contributed by atoms with Gasteiger partial charge in [-0.3, -0.25) is 4.79 Å². The highest BCUT2D eigenvalue weighted by atomic mass is 35.5. The Morgan fingerprint density at radius 1 is 1.04 bits per heavy atom. The van der Waals surface area contributed by atoms with Gasteiger partial charge in [0.1, 0.15) is 0 Å². The number of anilines is 2. The molecule has 0 radical (unpaired) electrons. The third-order valence-electron chi connectivity index (χ3n) is 2.70. The maximum atomic E-state index is 12.3. The van der Waals surface area contributed by atoms with Crippen molar-refractivity contribution in [2.75, 3.05) is 17.2 Å². The van der Waals surface area contributed by atoms with Crippen LogP contribution in [0.5, 0.6) is 5.75 Å². The van der Waals surface area contributed by atoms with E-state index in [4.69, 9.17) is 11.6 Å². The summed E-state index contributed by atoms with van der Waals surface area (Å²) >= 11 is 5.90. The number of rotatable bonds is 5. The Morgan fingerprint density at radius 2 is 1.65 bits per heavy atom. The molecule has 4 nitrogen and oxygen atoms in total. The predicted molar refractivity (Wildman–Crippen MR) is 81.7 cm³/mol. The molecule has 0 fully saturated rings. The van der Waals surface area contributed by atoms with E-state index in [-0.39, 0.29) is 12.2 Å². The van der Waals surface area contributed by atoms with E-state index in [1.165, 1.54) is 18.2 Å². The minimum Gasteiger partial charge on any atom is -0.404 e. The summed E-state index contributed by atoms with van der Waals surface area (Å²) in [4.78, 5) is 11.8. The van der Waals surface area contributed by atoms with Gasteiger partial charge in [-0.25, -0.2) is 0 Å². The van der Waals surface area contributed by atoms with Crippen LogP contribution in [0.25, 0.3) is 0 Å². The fourth-order valence-corrected chi connectivity index (χ4v) is 1.94. The monoisotopic (exact) mass is 344 g/mol. The first-order valence-electron chi connectivity index (χ1n) is 6.48. The molecule has 0 atom stereocenters. The van der Waals surface area contributed by atoms with E-state index in [0.717, 1.165) is 6.07 Å². The van der Waals surface area contributed by atoms with E-state index in [0.29, 0.717) is 10.7 Å². The average Bonchev–Trinajstić information content (AvgIpc) is 2.47. The van der Waals surface area contributed by atoms with Gasteiger partial charge in [0.15, 0.2) is 5.75 Å². The molecule has 0 unspecified atom stereocenters. The lowest BCUT2D eigenvalue weighted by Gasteiger charge is -2.14. The fraction of sp³-hybridized carbons (Fsp3) is 0.133. The van der Waals surface area contributed by atoms with Gasteiger partial charge >= 0.3 is 6.36 Å². The second-order valence-corrected chi connectivity index (χ2v) is 4.83. The van der Waals surface area contributed by atoms with Crippen LogP contribution in [0.3, 0.4) is 0 Å². The number of hydrogen-bond donors (Lipinski definition) is 2. The van der Waals surface area contributed by atoms with Crippen LogP contribution in [-0.4, -0.2) is 18.8 Å². The zero-order valence-corrected chi connectivity index (χ0v) is 12.4. The maximum Gasteiger partial charge on any atom is 0.573 e. The van der Waals surface area contributed by atoms with Gasteiger partial charge in [-0.05, 0) is 24.3 Å². The van der Waals surface area contributed by atoms with E-state index < -0.39 is 18.0 Å². The normalized spacial score (nSPS) is 11.0. The summed E-state index contributed by atoms with van der Waals surface area (Å²) in [6.45, 7) is -0.247. The zero-order chi connectivity index (χ0) is 16.9. The summed E-state index contributed by atoms with van der Waals surface area (Å²) in [6, 6.07) is 12.1. The molecule has 23 heavy (non-hydrogen) atoms. The number of nitrogens with one attached hydrogen (secondary N) is 2. The molecule has 2 aromatic rings. The van der Waals surface area contributed by atoms with Crippen LogP contribution in [0, 0.1) is 0 Å². The van der Waals surface area contributed by atoms with Crippen molar-refractivity contribution in [1.29, 1.82) is 0 Å². The topological polar surface area (TPSA) is 50.4 Å². The first-order chi connectivity index (χ1) is 10.8. The number of amides is 1. The Bertz CT molecular complexity index is 692. The molecule has 0 saturated heterocycles. The van der Waals surface area contributed by atoms with Crippen molar-refractivity contribution in [2.24, 2.45) is 0 Å². The Hall–Kier alpha value is -2.41. The van der Waals surface area contributed by atoms with Crippen molar-refractivity contribution in [3.8, 4) is 5.75 Å². The van der Waals surface area contributed by atoms with E-state index in [2.05, 4.69) is 15.4 Å². The molecule has 2 N–H and O–H groups in total. The van der Waals surface area contributed by atoms with E-state index in [1.807, 2.05) is 0 Å². The Morgan fingerprint density at radius 3 is 2.30 bits per heavy atom. The summed E-state index contributed by atoms with van der Waals surface area (Å²) < 4.78 is 40.8. The smallest absolute Gasteiger partial charge is 0.404 e. The standard InChI is InChI=1S/C15H12ClF3N2O2/c16-10-5-1-2-6-11(10)21-14(22)9-20-12-7-3-4-8-13(12)23-15(17,18)19/h1-8,20H,9H2,(H,21,22). The van der Waals surface area contributed by atoms with Crippen LogP contribution >= 0.6 is 11.6 Å². The second-order valence-electron chi connectivity index (χ2n) is 4.43. The van der Waals surface area contributed by atoms with Gasteiger partial charge in [0.2, 0.25) is 5.91 Å². The molecule has 1 amide bonds. The first kappa shape index (κ1) is 17.0. The fourth-order valence-electron chi connectivity index (χ4n) is 1.76. The number of carbonyl (C=O) groups is 1. The molecule has 0 aliphatic carbocycles. The third-order valence-corrected chi connectivity index (χ3v) is 3.03. The average molecular weight is 345 g/mol. The van der Waals surface area contributed by atoms with Crippen molar-refractivity contribution in [3.63, 3.8) is 0 Å². The van der Waals surface area contributed by atoms with Crippen LogP contribution in [-0.2, 0) is 4.79 Å². The molecule has 0 aliphatic rings. The van der Waals surface area contributed by atoms with Gasteiger partial charge in [-0.1, -0.05) is 35.9 Å². The van der Waals surface area contributed by atoms with Crippen molar-refractivity contribution in [3.05, 3.63) is 53.6 Å². The third kappa shape index (κ3) is 5.37. The Kier molecular flexibility index (Phi) is 5.33. The van der Waals surface area contributed by atoms with Crippen LogP contribution < -0.4 is 15.4 Å². The molecular weight excluding hydrogens is 333 g/mol. The van der Waals surface area contributed by atoms with Gasteiger partial charge in [-0.15, -0.1) is 13.2 Å². The number of carbonyl (C=O) groups excluding carboxylic acids is 1. The van der Waals surface area contributed by atoms with Gasteiger partial charge in [0, 0.05) is 0 Å². The van der Waals surface area contributed by atoms with Gasteiger partial charge < -0.3 is 15.4 Å². The first-order valence-corrected chi connectivity index (χ1v) is 6.86. The molecule has 0 aliphatic heterocycles. The van der Waals surface area contributed by atoms with E-state index in [9.17, 15) is 18.0 Å². The number of para-hydroxylation sites is 3. The lowest BCUT2D eigenvalue weighted by molar-refractivity contribution is -0.274. The van der Waals surface area contributed by atoms with Crippen molar-refractivity contribution in [1.82, 2.24) is 0 Å². The van der Waals surface area contributed by atoms with E-state index >= 15 is 0 Å². The number of halogens is 4. The summed E-state index contributed by atoms with van der Waals surface area (Å²) in [7, 11) is 0. The van der Waals surface area contributed by atoms with Crippen LogP contribution in [0.2, 0.25) is 5.02 Å². The molecule has 0 heterocycles.